The van der Waals surface area contributed by atoms with E-state index in [1.54, 1.807) is 12.1 Å². The molecule has 0 unspecified atom stereocenters. The summed E-state index contributed by atoms with van der Waals surface area (Å²) in [7, 11) is -3.27. The first kappa shape index (κ1) is 21.6. The predicted molar refractivity (Wildman–Crippen MR) is 66.4 cm³/mol. The number of Topliss-reactive ketones (excluding diaryl/α,β-unsaturated/α-hetero) is 2. The molecule has 0 fully saturated rings. The van der Waals surface area contributed by atoms with Gasteiger partial charge >= 0.3 is 23.9 Å². The van der Waals surface area contributed by atoms with Crippen molar-refractivity contribution >= 4 is 21.4 Å². The van der Waals surface area contributed by atoms with Crippen LogP contribution in [0.1, 0.15) is 5.56 Å². The largest absolute Gasteiger partial charge is 0.458 e. The van der Waals surface area contributed by atoms with Gasteiger partial charge in [0.2, 0.25) is 0 Å². The van der Waals surface area contributed by atoms with Gasteiger partial charge in [0.25, 0.3) is 0 Å². The third kappa shape index (κ3) is 6.37. The van der Waals surface area contributed by atoms with Crippen LogP contribution in [0.4, 0.5) is 26.3 Å². The number of hydrogen-bond acceptors (Lipinski definition) is 5. The van der Waals surface area contributed by atoms with Crippen molar-refractivity contribution in [3.8, 4) is 6.07 Å². The molecule has 1 rings (SSSR count). The van der Waals surface area contributed by atoms with Crippen LogP contribution < -0.4 is 0 Å². The first-order chi connectivity index (χ1) is 10.6. The molecule has 0 amide bonds. The summed E-state index contributed by atoms with van der Waals surface area (Å²) in [6.07, 6.45) is -10.5. The second-order valence-corrected chi connectivity index (χ2v) is 6.02. The fourth-order valence-corrected chi connectivity index (χ4v) is 1.98. The van der Waals surface area contributed by atoms with Gasteiger partial charge in [0, 0.05) is 6.26 Å². The molecule has 0 aliphatic rings. The highest BCUT2D eigenvalue weighted by molar-refractivity contribution is 7.90. The number of benzene rings is 1. The van der Waals surface area contributed by atoms with Crippen LogP contribution >= 0.6 is 0 Å². The van der Waals surface area contributed by atoms with Crippen LogP contribution in [0, 0.1) is 11.3 Å². The standard InChI is InChI=1S/C8H7NO2S.C4F6O2/c1-12(10,11)8-5-3-2-4-7(8)6-9;5-3(6,7)1(11)2(12)4(8,9)10/h2-5H,1H3;. The van der Waals surface area contributed by atoms with Crippen molar-refractivity contribution in [1.29, 1.82) is 5.26 Å². The number of sulfone groups is 1. The lowest BCUT2D eigenvalue weighted by Crippen LogP contribution is -2.39. The molecule has 132 valence electrons. The molecule has 0 aliphatic heterocycles. The maximum atomic E-state index is 11.2. The SMILES string of the molecule is CS(=O)(=O)c1ccccc1C#N.O=C(C(=O)C(F)(F)F)C(F)(F)F. The number of ketones is 2. The zero-order valence-electron chi connectivity index (χ0n) is 11.6. The maximum Gasteiger partial charge on any atom is 0.458 e. The van der Waals surface area contributed by atoms with E-state index in [0.717, 1.165) is 6.26 Å². The highest BCUT2D eigenvalue weighted by Gasteiger charge is 2.54. The van der Waals surface area contributed by atoms with Crippen molar-refractivity contribution in [3.05, 3.63) is 29.8 Å². The van der Waals surface area contributed by atoms with Gasteiger partial charge in [0.05, 0.1) is 10.5 Å². The number of rotatable bonds is 2. The van der Waals surface area contributed by atoms with Crippen LogP contribution in [0.5, 0.6) is 0 Å². The van der Waals surface area contributed by atoms with Gasteiger partial charge in [-0.1, -0.05) is 12.1 Å². The average Bonchev–Trinajstić information content (AvgIpc) is 2.43. The van der Waals surface area contributed by atoms with E-state index in [1.807, 2.05) is 6.07 Å². The number of carbonyl (C=O) groups excluding carboxylic acids is 2. The summed E-state index contributed by atoms with van der Waals surface area (Å²) < 4.78 is 89.1. The molecule has 0 N–H and O–H groups in total. The molecule has 0 saturated carbocycles. The summed E-state index contributed by atoms with van der Waals surface area (Å²) in [6, 6.07) is 7.96. The highest BCUT2D eigenvalue weighted by atomic mass is 32.2. The molecule has 5 nitrogen and oxygen atoms in total. The number of carbonyl (C=O) groups is 2. The van der Waals surface area contributed by atoms with Gasteiger partial charge < -0.3 is 0 Å². The van der Waals surface area contributed by atoms with Crippen LogP contribution in [0.15, 0.2) is 29.2 Å². The first-order valence-electron chi connectivity index (χ1n) is 5.54. The fraction of sp³-hybridized carbons (Fsp3) is 0.250. The number of alkyl halides is 6. The molecule has 0 radical (unpaired) electrons. The molecule has 1 aromatic rings. The lowest BCUT2D eigenvalue weighted by Gasteiger charge is -2.05. The third-order valence-corrected chi connectivity index (χ3v) is 3.28. The average molecular weight is 375 g/mol. The van der Waals surface area contributed by atoms with E-state index in [-0.39, 0.29) is 10.5 Å². The van der Waals surface area contributed by atoms with E-state index in [1.165, 1.54) is 12.1 Å². The highest BCUT2D eigenvalue weighted by Crippen LogP contribution is 2.24. The Morgan fingerprint density at radius 3 is 1.58 bits per heavy atom. The molecule has 0 bridgehead atoms. The molecule has 0 aromatic heterocycles. The molecule has 0 spiro atoms. The predicted octanol–water partition coefficient (Wildman–Crippen LogP) is 2.21. The van der Waals surface area contributed by atoms with Crippen molar-refractivity contribution in [3.63, 3.8) is 0 Å². The zero-order chi connectivity index (χ0) is 19.3. The minimum atomic E-state index is -5.77. The van der Waals surface area contributed by atoms with E-state index in [9.17, 15) is 44.3 Å². The normalized spacial score (nSPS) is 11.8. The van der Waals surface area contributed by atoms with Crippen molar-refractivity contribution < 1.29 is 44.3 Å². The van der Waals surface area contributed by atoms with Gasteiger partial charge in [-0.05, 0) is 12.1 Å². The van der Waals surface area contributed by atoms with Gasteiger partial charge in [-0.25, -0.2) is 8.42 Å². The quantitative estimate of drug-likeness (QED) is 0.584. The van der Waals surface area contributed by atoms with Crippen LogP contribution in [0.3, 0.4) is 0 Å². The number of halogens is 6. The molecule has 0 atom stereocenters. The second-order valence-electron chi connectivity index (χ2n) is 4.03. The van der Waals surface area contributed by atoms with E-state index < -0.39 is 33.8 Å². The molecular weight excluding hydrogens is 368 g/mol. The van der Waals surface area contributed by atoms with Crippen LogP contribution in [0.25, 0.3) is 0 Å². The summed E-state index contributed by atoms with van der Waals surface area (Å²) in [5.74, 6) is -6.81. The van der Waals surface area contributed by atoms with Gasteiger partial charge in [0.15, 0.2) is 9.84 Å². The Bertz CT molecular complexity index is 750. The van der Waals surface area contributed by atoms with E-state index in [0.29, 0.717) is 0 Å². The monoisotopic (exact) mass is 375 g/mol. The molecule has 12 heteroatoms. The Labute approximate surface area is 131 Å². The van der Waals surface area contributed by atoms with Gasteiger partial charge in [-0.3, -0.25) is 9.59 Å². The topological polar surface area (TPSA) is 92.1 Å². The van der Waals surface area contributed by atoms with Crippen LogP contribution in [-0.2, 0) is 19.4 Å². The fourth-order valence-electron chi connectivity index (χ4n) is 1.14. The Hall–Kier alpha value is -2.42. The second kappa shape index (κ2) is 7.43. The first-order valence-corrected chi connectivity index (χ1v) is 7.43. The number of nitriles is 1. The molecule has 0 saturated heterocycles. The molecule has 24 heavy (non-hydrogen) atoms. The summed E-state index contributed by atoms with van der Waals surface area (Å²) in [6.45, 7) is 0. The van der Waals surface area contributed by atoms with E-state index in [4.69, 9.17) is 5.26 Å². The van der Waals surface area contributed by atoms with Crippen molar-refractivity contribution in [2.45, 2.75) is 17.2 Å². The van der Waals surface area contributed by atoms with Crippen LogP contribution in [0.2, 0.25) is 0 Å². The molecule has 1 aromatic carbocycles. The Morgan fingerprint density at radius 2 is 1.33 bits per heavy atom. The summed E-state index contributed by atoms with van der Waals surface area (Å²) in [5, 5.41) is 8.57. The Balaban J connectivity index is 0.000000441. The van der Waals surface area contributed by atoms with Crippen molar-refractivity contribution in [2.24, 2.45) is 0 Å². The van der Waals surface area contributed by atoms with Gasteiger partial charge in [-0.15, -0.1) is 0 Å². The van der Waals surface area contributed by atoms with Crippen molar-refractivity contribution in [2.75, 3.05) is 6.26 Å². The number of nitrogens with zero attached hydrogens (tertiary/aromatic N) is 1. The Kier molecular flexibility index (Phi) is 6.68. The van der Waals surface area contributed by atoms with Crippen molar-refractivity contribution in [1.82, 2.24) is 0 Å². The van der Waals surface area contributed by atoms with Gasteiger partial charge in [0.1, 0.15) is 6.07 Å². The summed E-state index contributed by atoms with van der Waals surface area (Å²) in [5.41, 5.74) is 0.194. The minimum absolute atomic E-state index is 0.0903. The Morgan fingerprint density at radius 1 is 0.958 bits per heavy atom. The maximum absolute atomic E-state index is 11.2. The van der Waals surface area contributed by atoms with E-state index in [2.05, 4.69) is 0 Å². The zero-order valence-corrected chi connectivity index (χ0v) is 12.4. The molecule has 0 heterocycles. The summed E-state index contributed by atoms with van der Waals surface area (Å²) in [4.78, 5) is 19.3. The van der Waals surface area contributed by atoms with Gasteiger partial charge in [-0.2, -0.15) is 31.6 Å². The number of hydrogen-bond donors (Lipinski definition) is 0. The lowest BCUT2D eigenvalue weighted by atomic mass is 10.2. The molecular formula is C12H7F6NO4S. The van der Waals surface area contributed by atoms with Crippen LogP contribution in [-0.4, -0.2) is 38.6 Å². The van der Waals surface area contributed by atoms with E-state index >= 15 is 0 Å². The minimum Gasteiger partial charge on any atom is -0.280 e. The smallest absolute Gasteiger partial charge is 0.280 e. The molecule has 0 aliphatic carbocycles. The lowest BCUT2D eigenvalue weighted by molar-refractivity contribution is -0.193. The third-order valence-electron chi connectivity index (χ3n) is 2.13. The summed E-state index contributed by atoms with van der Waals surface area (Å²) >= 11 is 0.